The molecule has 1 saturated heterocycles. The summed E-state index contributed by atoms with van der Waals surface area (Å²) in [6.45, 7) is 0. The Kier molecular flexibility index (Phi) is 3.66. The molecule has 0 bridgehead atoms. The van der Waals surface area contributed by atoms with Crippen molar-refractivity contribution in [1.82, 2.24) is 0 Å². The summed E-state index contributed by atoms with van der Waals surface area (Å²) in [5.41, 5.74) is 1.42. The molecule has 19 heavy (non-hydrogen) atoms. The molecule has 2 aliphatic heterocycles. The van der Waals surface area contributed by atoms with E-state index in [4.69, 9.17) is 4.74 Å². The van der Waals surface area contributed by atoms with Crippen molar-refractivity contribution in [3.63, 3.8) is 0 Å². The lowest BCUT2D eigenvalue weighted by Crippen LogP contribution is -2.16. The van der Waals surface area contributed by atoms with E-state index in [2.05, 4.69) is 0 Å². The average molecular weight is 294 g/mol. The first-order chi connectivity index (χ1) is 9.24. The first kappa shape index (κ1) is 12.8. The fourth-order valence-corrected chi connectivity index (χ4v) is 4.40. The SMILES string of the molecule is O=C1OC(c2ccc(F)cc2)C=CC1=C1SCCS1. The predicted octanol–water partition coefficient (Wildman–Crippen LogP) is 3.67. The maximum Gasteiger partial charge on any atom is 0.340 e. The van der Waals surface area contributed by atoms with E-state index >= 15 is 0 Å². The summed E-state index contributed by atoms with van der Waals surface area (Å²) in [5.74, 6) is 1.48. The molecule has 0 N–H and O–H groups in total. The predicted molar refractivity (Wildman–Crippen MR) is 76.3 cm³/mol. The first-order valence-corrected chi connectivity index (χ1v) is 7.86. The molecule has 0 spiro atoms. The first-order valence-electron chi connectivity index (χ1n) is 5.88. The molecule has 98 valence electrons. The van der Waals surface area contributed by atoms with Gasteiger partial charge in [-0.15, -0.1) is 23.5 Å². The molecular weight excluding hydrogens is 283 g/mol. The maximum atomic E-state index is 12.9. The van der Waals surface area contributed by atoms with E-state index in [1.807, 2.05) is 12.2 Å². The minimum absolute atomic E-state index is 0.295. The number of ether oxygens (including phenoxy) is 1. The zero-order valence-electron chi connectivity index (χ0n) is 9.97. The third-order valence-electron chi connectivity index (χ3n) is 2.86. The van der Waals surface area contributed by atoms with Crippen LogP contribution in [0, 0.1) is 5.82 Å². The lowest BCUT2D eigenvalue weighted by molar-refractivity contribution is -0.142. The minimum Gasteiger partial charge on any atom is -0.450 e. The van der Waals surface area contributed by atoms with E-state index in [0.29, 0.717) is 5.57 Å². The monoisotopic (exact) mass is 294 g/mol. The van der Waals surface area contributed by atoms with Crippen LogP contribution in [0.5, 0.6) is 0 Å². The second-order valence-electron chi connectivity index (χ2n) is 4.13. The largest absolute Gasteiger partial charge is 0.450 e. The summed E-state index contributed by atoms with van der Waals surface area (Å²) in [6, 6.07) is 6.00. The second kappa shape index (κ2) is 5.43. The Morgan fingerprint density at radius 3 is 2.47 bits per heavy atom. The average Bonchev–Trinajstić information content (AvgIpc) is 2.93. The zero-order chi connectivity index (χ0) is 13.2. The Bertz CT molecular complexity index is 555. The molecule has 0 saturated carbocycles. The molecule has 3 rings (SSSR count). The molecule has 1 aromatic rings. The molecule has 1 aromatic carbocycles. The van der Waals surface area contributed by atoms with Crippen LogP contribution in [0.25, 0.3) is 0 Å². The fraction of sp³-hybridized carbons (Fsp3) is 0.214. The molecule has 0 radical (unpaired) electrons. The Hall–Kier alpha value is -1.20. The Morgan fingerprint density at radius 1 is 1.16 bits per heavy atom. The summed E-state index contributed by atoms with van der Waals surface area (Å²) in [7, 11) is 0. The Morgan fingerprint density at radius 2 is 1.84 bits per heavy atom. The van der Waals surface area contributed by atoms with E-state index < -0.39 is 6.10 Å². The molecule has 1 unspecified atom stereocenters. The molecule has 1 atom stereocenters. The third-order valence-corrected chi connectivity index (χ3v) is 5.61. The number of esters is 1. The summed E-state index contributed by atoms with van der Waals surface area (Å²) >= 11 is 3.39. The fourth-order valence-electron chi connectivity index (χ4n) is 1.92. The summed E-state index contributed by atoms with van der Waals surface area (Å²) in [4.78, 5) is 12.0. The maximum absolute atomic E-state index is 12.9. The van der Waals surface area contributed by atoms with Gasteiger partial charge in [-0.2, -0.15) is 0 Å². The number of thioether (sulfide) groups is 2. The molecule has 2 aliphatic rings. The number of hydrogen-bond acceptors (Lipinski definition) is 4. The van der Waals surface area contributed by atoms with Crippen molar-refractivity contribution in [1.29, 1.82) is 0 Å². The molecule has 0 amide bonds. The number of rotatable bonds is 1. The smallest absolute Gasteiger partial charge is 0.340 e. The van der Waals surface area contributed by atoms with Gasteiger partial charge >= 0.3 is 5.97 Å². The van der Waals surface area contributed by atoms with Crippen LogP contribution in [-0.4, -0.2) is 17.5 Å². The highest BCUT2D eigenvalue weighted by Crippen LogP contribution is 2.41. The lowest BCUT2D eigenvalue weighted by atomic mass is 10.1. The van der Waals surface area contributed by atoms with Gasteiger partial charge in [0.05, 0.1) is 9.81 Å². The van der Waals surface area contributed by atoms with Gasteiger partial charge in [0.25, 0.3) is 0 Å². The number of cyclic esters (lactones) is 1. The minimum atomic E-state index is -0.422. The molecule has 0 aromatic heterocycles. The Labute approximate surface area is 119 Å². The molecule has 2 nitrogen and oxygen atoms in total. The van der Waals surface area contributed by atoms with Crippen LogP contribution >= 0.6 is 23.5 Å². The second-order valence-corrected chi connectivity index (χ2v) is 6.60. The summed E-state index contributed by atoms with van der Waals surface area (Å²) in [5, 5.41) is 0. The number of halogens is 1. The highest BCUT2D eigenvalue weighted by molar-refractivity contribution is 8.25. The van der Waals surface area contributed by atoms with Gasteiger partial charge in [-0.1, -0.05) is 12.1 Å². The van der Waals surface area contributed by atoms with Gasteiger partial charge < -0.3 is 4.74 Å². The molecule has 0 aliphatic carbocycles. The van der Waals surface area contributed by atoms with Crippen molar-refractivity contribution in [3.05, 3.63) is 57.6 Å². The van der Waals surface area contributed by atoms with Gasteiger partial charge in [0.2, 0.25) is 0 Å². The molecular formula is C14H11FO2S2. The van der Waals surface area contributed by atoms with Gasteiger partial charge in [-0.25, -0.2) is 9.18 Å². The zero-order valence-corrected chi connectivity index (χ0v) is 11.6. The van der Waals surface area contributed by atoms with Crippen molar-refractivity contribution >= 4 is 29.5 Å². The quantitative estimate of drug-likeness (QED) is 0.583. The van der Waals surface area contributed by atoms with E-state index in [1.54, 1.807) is 35.7 Å². The van der Waals surface area contributed by atoms with Crippen LogP contribution in [-0.2, 0) is 9.53 Å². The van der Waals surface area contributed by atoms with E-state index in [1.165, 1.54) is 12.1 Å². The van der Waals surface area contributed by atoms with Crippen molar-refractivity contribution in [2.45, 2.75) is 6.10 Å². The number of carbonyl (C=O) groups is 1. The normalized spacial score (nSPS) is 22.8. The van der Waals surface area contributed by atoms with Crippen LogP contribution in [0.1, 0.15) is 11.7 Å². The number of hydrogen-bond donors (Lipinski definition) is 0. The van der Waals surface area contributed by atoms with Crippen LogP contribution in [0.15, 0.2) is 46.2 Å². The summed E-state index contributed by atoms with van der Waals surface area (Å²) < 4.78 is 19.3. The molecule has 5 heteroatoms. The van der Waals surface area contributed by atoms with Crippen molar-refractivity contribution < 1.29 is 13.9 Å². The van der Waals surface area contributed by atoms with Crippen LogP contribution in [0.4, 0.5) is 4.39 Å². The van der Waals surface area contributed by atoms with E-state index in [9.17, 15) is 9.18 Å². The van der Waals surface area contributed by atoms with E-state index in [0.717, 1.165) is 21.3 Å². The van der Waals surface area contributed by atoms with Crippen molar-refractivity contribution in [3.8, 4) is 0 Å². The highest BCUT2D eigenvalue weighted by Gasteiger charge is 2.26. The third kappa shape index (κ3) is 2.72. The van der Waals surface area contributed by atoms with Crippen molar-refractivity contribution in [2.75, 3.05) is 11.5 Å². The van der Waals surface area contributed by atoms with Crippen LogP contribution in [0.2, 0.25) is 0 Å². The van der Waals surface area contributed by atoms with Gasteiger partial charge in [0, 0.05) is 11.5 Å². The van der Waals surface area contributed by atoms with Crippen LogP contribution in [0.3, 0.4) is 0 Å². The van der Waals surface area contributed by atoms with Gasteiger partial charge in [0.1, 0.15) is 11.9 Å². The number of carbonyl (C=O) groups excluding carboxylic acids is 1. The standard InChI is InChI=1S/C14H11FO2S2/c15-10-3-1-9(2-4-10)12-6-5-11(13(16)17-12)14-18-7-8-19-14/h1-6,12H,7-8H2. The lowest BCUT2D eigenvalue weighted by Gasteiger charge is -2.20. The van der Waals surface area contributed by atoms with Crippen LogP contribution < -0.4 is 0 Å². The summed E-state index contributed by atoms with van der Waals surface area (Å²) in [6.07, 6.45) is 3.24. The van der Waals surface area contributed by atoms with Gasteiger partial charge in [-0.05, 0) is 29.8 Å². The van der Waals surface area contributed by atoms with Crippen molar-refractivity contribution in [2.24, 2.45) is 0 Å². The molecule has 2 heterocycles. The van der Waals surface area contributed by atoms with E-state index in [-0.39, 0.29) is 11.8 Å². The molecule has 1 fully saturated rings. The number of benzene rings is 1. The topological polar surface area (TPSA) is 26.3 Å². The Balaban J connectivity index is 1.85. The van der Waals surface area contributed by atoms with Gasteiger partial charge in [0.15, 0.2) is 0 Å². The highest BCUT2D eigenvalue weighted by atomic mass is 32.2. The van der Waals surface area contributed by atoms with Gasteiger partial charge in [-0.3, -0.25) is 0 Å².